The number of hydrogen-bond donors (Lipinski definition) is 1. The number of benzene rings is 3. The third-order valence-electron chi connectivity index (χ3n) is 4.82. The van der Waals surface area contributed by atoms with Crippen molar-refractivity contribution in [3.05, 3.63) is 109 Å². The third-order valence-corrected chi connectivity index (χ3v) is 4.82. The average Bonchev–Trinajstić information content (AvgIpc) is 3.36. The van der Waals surface area contributed by atoms with E-state index in [0.29, 0.717) is 18.9 Å². The first-order chi connectivity index (χ1) is 15.8. The Morgan fingerprint density at radius 3 is 2.19 bits per heavy atom. The van der Waals surface area contributed by atoms with Gasteiger partial charge in [0, 0.05) is 0 Å². The molecule has 32 heavy (non-hydrogen) atoms. The third kappa shape index (κ3) is 6.18. The Morgan fingerprint density at radius 1 is 0.875 bits per heavy atom. The van der Waals surface area contributed by atoms with Crippen LogP contribution >= 0.6 is 0 Å². The van der Waals surface area contributed by atoms with Crippen molar-refractivity contribution in [1.82, 2.24) is 20.1 Å². The van der Waals surface area contributed by atoms with Gasteiger partial charge < -0.3 is 14.8 Å². The molecular weight excluding hydrogens is 404 g/mol. The van der Waals surface area contributed by atoms with Crippen LogP contribution in [-0.2, 0) is 17.9 Å². The first kappa shape index (κ1) is 21.1. The zero-order valence-electron chi connectivity index (χ0n) is 17.5. The Labute approximate surface area is 186 Å². The summed E-state index contributed by atoms with van der Waals surface area (Å²) in [5.74, 6) is 1.12. The standard InChI is InChI=1S/C25H24N4O3/c30-25(28-24(15-29-19-26-18-27-29)21-9-5-2-6-10-21)17-32-23-13-11-22(12-14-23)31-16-20-7-3-1-4-8-20/h1-14,18-19,24H,15-17H2,(H,28,30). The van der Waals surface area contributed by atoms with Gasteiger partial charge >= 0.3 is 0 Å². The number of nitrogens with zero attached hydrogens (tertiary/aromatic N) is 3. The molecule has 1 unspecified atom stereocenters. The lowest BCUT2D eigenvalue weighted by Gasteiger charge is -2.19. The minimum Gasteiger partial charge on any atom is -0.489 e. The molecule has 7 heteroatoms. The van der Waals surface area contributed by atoms with Crippen LogP contribution < -0.4 is 14.8 Å². The number of ether oxygens (including phenoxy) is 2. The Kier molecular flexibility index (Phi) is 7.10. The van der Waals surface area contributed by atoms with E-state index >= 15 is 0 Å². The maximum Gasteiger partial charge on any atom is 0.258 e. The van der Waals surface area contributed by atoms with E-state index in [-0.39, 0.29) is 18.6 Å². The van der Waals surface area contributed by atoms with Gasteiger partial charge in [0.1, 0.15) is 30.8 Å². The van der Waals surface area contributed by atoms with Gasteiger partial charge in [0.2, 0.25) is 0 Å². The molecule has 0 saturated carbocycles. The number of nitrogens with one attached hydrogen (secondary N) is 1. The SMILES string of the molecule is O=C(COc1ccc(OCc2ccccc2)cc1)NC(Cn1cncn1)c1ccccc1. The number of rotatable bonds is 10. The fraction of sp³-hybridized carbons (Fsp3) is 0.160. The van der Waals surface area contributed by atoms with Gasteiger partial charge in [-0.05, 0) is 35.4 Å². The molecule has 4 aromatic rings. The highest BCUT2D eigenvalue weighted by molar-refractivity contribution is 5.78. The van der Waals surface area contributed by atoms with Gasteiger partial charge in [-0.2, -0.15) is 5.10 Å². The predicted octanol–water partition coefficient (Wildman–Crippen LogP) is 3.79. The van der Waals surface area contributed by atoms with Crippen molar-refractivity contribution >= 4 is 5.91 Å². The largest absolute Gasteiger partial charge is 0.489 e. The smallest absolute Gasteiger partial charge is 0.258 e. The molecule has 0 radical (unpaired) electrons. The Morgan fingerprint density at radius 2 is 1.53 bits per heavy atom. The number of carbonyl (C=O) groups excluding carboxylic acids is 1. The van der Waals surface area contributed by atoms with Crippen molar-refractivity contribution in [2.75, 3.05) is 6.61 Å². The summed E-state index contributed by atoms with van der Waals surface area (Å²) in [6.07, 6.45) is 3.10. The fourth-order valence-corrected chi connectivity index (χ4v) is 3.19. The van der Waals surface area contributed by atoms with Crippen LogP contribution in [0.3, 0.4) is 0 Å². The van der Waals surface area contributed by atoms with Crippen LogP contribution in [0.5, 0.6) is 11.5 Å². The quantitative estimate of drug-likeness (QED) is 0.416. The summed E-state index contributed by atoms with van der Waals surface area (Å²) in [7, 11) is 0. The first-order valence-corrected chi connectivity index (χ1v) is 10.3. The topological polar surface area (TPSA) is 78.3 Å². The van der Waals surface area contributed by atoms with Crippen LogP contribution in [0.2, 0.25) is 0 Å². The van der Waals surface area contributed by atoms with Gasteiger partial charge in [0.15, 0.2) is 6.61 Å². The normalized spacial score (nSPS) is 11.5. The van der Waals surface area contributed by atoms with Crippen molar-refractivity contribution < 1.29 is 14.3 Å². The molecule has 1 atom stereocenters. The Bertz CT molecular complexity index is 1090. The minimum absolute atomic E-state index is 0.0924. The molecule has 1 heterocycles. The highest BCUT2D eigenvalue weighted by Crippen LogP contribution is 2.19. The summed E-state index contributed by atoms with van der Waals surface area (Å²) < 4.78 is 13.1. The van der Waals surface area contributed by atoms with Crippen molar-refractivity contribution in [1.29, 1.82) is 0 Å². The summed E-state index contributed by atoms with van der Waals surface area (Å²) in [5.41, 5.74) is 2.08. The molecule has 0 aliphatic carbocycles. The molecule has 3 aromatic carbocycles. The second kappa shape index (κ2) is 10.8. The lowest BCUT2D eigenvalue weighted by Crippen LogP contribution is -2.35. The molecule has 0 aliphatic rings. The van der Waals surface area contributed by atoms with Crippen LogP contribution in [0.15, 0.2) is 97.6 Å². The molecular formula is C25H24N4O3. The van der Waals surface area contributed by atoms with Gasteiger partial charge in [-0.3, -0.25) is 9.48 Å². The fourth-order valence-electron chi connectivity index (χ4n) is 3.19. The van der Waals surface area contributed by atoms with Crippen LogP contribution in [0.4, 0.5) is 0 Å². The monoisotopic (exact) mass is 428 g/mol. The van der Waals surface area contributed by atoms with Gasteiger partial charge in [0.05, 0.1) is 12.6 Å². The summed E-state index contributed by atoms with van der Waals surface area (Å²) in [5, 5.41) is 7.15. The first-order valence-electron chi connectivity index (χ1n) is 10.3. The van der Waals surface area contributed by atoms with Gasteiger partial charge in [-0.1, -0.05) is 60.7 Å². The molecule has 0 bridgehead atoms. The second-order valence-electron chi connectivity index (χ2n) is 7.18. The Hall–Kier alpha value is -4.13. The van der Waals surface area contributed by atoms with E-state index in [9.17, 15) is 4.79 Å². The number of aromatic nitrogens is 3. The van der Waals surface area contributed by atoms with Crippen molar-refractivity contribution in [3.63, 3.8) is 0 Å². The molecule has 162 valence electrons. The van der Waals surface area contributed by atoms with E-state index in [2.05, 4.69) is 15.4 Å². The van der Waals surface area contributed by atoms with Crippen LogP contribution in [0.25, 0.3) is 0 Å². The summed E-state index contributed by atoms with van der Waals surface area (Å²) in [6.45, 7) is 0.879. The zero-order chi connectivity index (χ0) is 22.0. The molecule has 7 nitrogen and oxygen atoms in total. The molecule has 0 fully saturated rings. The van der Waals surface area contributed by atoms with Crippen LogP contribution in [-0.4, -0.2) is 27.3 Å². The van der Waals surface area contributed by atoms with E-state index < -0.39 is 0 Å². The van der Waals surface area contributed by atoms with Crippen molar-refractivity contribution in [3.8, 4) is 11.5 Å². The number of hydrogen-bond acceptors (Lipinski definition) is 5. The van der Waals surface area contributed by atoms with E-state index in [1.54, 1.807) is 23.1 Å². The molecule has 1 amide bonds. The lowest BCUT2D eigenvalue weighted by atomic mass is 10.1. The maximum atomic E-state index is 12.5. The minimum atomic E-state index is -0.247. The van der Waals surface area contributed by atoms with E-state index in [1.807, 2.05) is 72.8 Å². The highest BCUT2D eigenvalue weighted by atomic mass is 16.5. The highest BCUT2D eigenvalue weighted by Gasteiger charge is 2.16. The molecule has 1 aromatic heterocycles. The van der Waals surface area contributed by atoms with Gasteiger partial charge in [-0.25, -0.2) is 4.98 Å². The molecule has 1 N–H and O–H groups in total. The van der Waals surface area contributed by atoms with Crippen LogP contribution in [0, 0.1) is 0 Å². The predicted molar refractivity (Wildman–Crippen MR) is 120 cm³/mol. The van der Waals surface area contributed by atoms with Crippen LogP contribution in [0.1, 0.15) is 17.2 Å². The van der Waals surface area contributed by atoms with E-state index in [1.165, 1.54) is 6.33 Å². The maximum absolute atomic E-state index is 12.5. The molecule has 4 rings (SSSR count). The van der Waals surface area contributed by atoms with E-state index in [0.717, 1.165) is 16.9 Å². The summed E-state index contributed by atoms with van der Waals surface area (Å²) in [4.78, 5) is 16.5. The van der Waals surface area contributed by atoms with Crippen molar-refractivity contribution in [2.24, 2.45) is 0 Å². The molecule has 0 spiro atoms. The van der Waals surface area contributed by atoms with Crippen molar-refractivity contribution in [2.45, 2.75) is 19.2 Å². The second-order valence-corrected chi connectivity index (χ2v) is 7.18. The number of carbonyl (C=O) groups is 1. The molecule has 0 saturated heterocycles. The van der Waals surface area contributed by atoms with E-state index in [4.69, 9.17) is 9.47 Å². The average molecular weight is 428 g/mol. The van der Waals surface area contributed by atoms with Gasteiger partial charge in [0.25, 0.3) is 5.91 Å². The zero-order valence-corrected chi connectivity index (χ0v) is 17.5. The molecule has 0 aliphatic heterocycles. The summed E-state index contributed by atoms with van der Waals surface area (Å²) in [6, 6.07) is 26.7. The Balaban J connectivity index is 1.29. The van der Waals surface area contributed by atoms with Gasteiger partial charge in [-0.15, -0.1) is 0 Å². The number of amides is 1. The summed E-state index contributed by atoms with van der Waals surface area (Å²) >= 11 is 0. The lowest BCUT2D eigenvalue weighted by molar-refractivity contribution is -0.124.